The standard InChI is InChI=1S/C10H7ClN2/c11-10-4-3-8(2-1-5-12)6-9(10)7-13/h3-4,6H,5,12H2. The van der Waals surface area contributed by atoms with E-state index in [1.807, 2.05) is 6.07 Å². The molecule has 0 aromatic heterocycles. The Hall–Kier alpha value is -1.48. The van der Waals surface area contributed by atoms with Gasteiger partial charge in [0.2, 0.25) is 0 Å². The van der Waals surface area contributed by atoms with Crippen LogP contribution in [0.3, 0.4) is 0 Å². The molecule has 64 valence electrons. The summed E-state index contributed by atoms with van der Waals surface area (Å²) in [5, 5.41) is 9.11. The quantitative estimate of drug-likeness (QED) is 0.631. The molecular weight excluding hydrogens is 184 g/mol. The fraction of sp³-hybridized carbons (Fsp3) is 0.100. The van der Waals surface area contributed by atoms with E-state index in [0.717, 1.165) is 5.56 Å². The van der Waals surface area contributed by atoms with Gasteiger partial charge in [-0.05, 0) is 18.2 Å². The normalized spacial score (nSPS) is 8.38. The number of rotatable bonds is 0. The summed E-state index contributed by atoms with van der Waals surface area (Å²) < 4.78 is 0. The molecule has 0 atom stereocenters. The average molecular weight is 191 g/mol. The maximum Gasteiger partial charge on any atom is 0.101 e. The highest BCUT2D eigenvalue weighted by Crippen LogP contribution is 2.15. The molecule has 1 aromatic carbocycles. The van der Waals surface area contributed by atoms with Crippen LogP contribution < -0.4 is 5.73 Å². The van der Waals surface area contributed by atoms with Gasteiger partial charge in [0, 0.05) is 5.56 Å². The lowest BCUT2D eigenvalue weighted by atomic mass is 10.1. The van der Waals surface area contributed by atoms with Gasteiger partial charge in [-0.2, -0.15) is 5.26 Å². The number of benzene rings is 1. The highest BCUT2D eigenvalue weighted by atomic mass is 35.5. The lowest BCUT2D eigenvalue weighted by Gasteiger charge is -1.94. The number of nitrogens with two attached hydrogens (primary N) is 1. The summed E-state index contributed by atoms with van der Waals surface area (Å²) in [6.45, 7) is 0.310. The smallest absolute Gasteiger partial charge is 0.101 e. The molecule has 0 saturated carbocycles. The first-order chi connectivity index (χ1) is 6.27. The predicted molar refractivity (Wildman–Crippen MR) is 52.1 cm³/mol. The minimum absolute atomic E-state index is 0.310. The zero-order valence-corrected chi connectivity index (χ0v) is 7.60. The summed E-state index contributed by atoms with van der Waals surface area (Å²) in [6, 6.07) is 7.03. The molecule has 0 aliphatic carbocycles. The van der Waals surface area contributed by atoms with Crippen molar-refractivity contribution < 1.29 is 0 Å². The van der Waals surface area contributed by atoms with Gasteiger partial charge in [-0.25, -0.2) is 0 Å². The number of nitrogens with zero attached hydrogens (tertiary/aromatic N) is 1. The molecule has 0 aliphatic heterocycles. The summed E-state index contributed by atoms with van der Waals surface area (Å²) >= 11 is 5.74. The van der Waals surface area contributed by atoms with Crippen molar-refractivity contribution in [1.29, 1.82) is 5.26 Å². The van der Waals surface area contributed by atoms with E-state index in [1.165, 1.54) is 0 Å². The largest absolute Gasteiger partial charge is 0.320 e. The van der Waals surface area contributed by atoms with Crippen LogP contribution in [0.4, 0.5) is 0 Å². The molecule has 0 aliphatic rings. The molecular formula is C10H7ClN2. The summed E-state index contributed by atoms with van der Waals surface area (Å²) in [5.74, 6) is 5.52. The molecule has 0 fully saturated rings. The van der Waals surface area contributed by atoms with Gasteiger partial charge < -0.3 is 5.73 Å². The van der Waals surface area contributed by atoms with Crippen LogP contribution in [0.5, 0.6) is 0 Å². The Kier molecular flexibility index (Phi) is 3.34. The van der Waals surface area contributed by atoms with Crippen molar-refractivity contribution in [3.05, 3.63) is 34.3 Å². The Morgan fingerprint density at radius 2 is 2.23 bits per heavy atom. The van der Waals surface area contributed by atoms with Crippen molar-refractivity contribution in [3.8, 4) is 17.9 Å². The third kappa shape index (κ3) is 2.49. The van der Waals surface area contributed by atoms with Crippen molar-refractivity contribution >= 4 is 11.6 Å². The van der Waals surface area contributed by atoms with Crippen LogP contribution in [0.2, 0.25) is 5.02 Å². The molecule has 0 unspecified atom stereocenters. The zero-order valence-electron chi connectivity index (χ0n) is 6.84. The maximum absolute atomic E-state index is 8.66. The SMILES string of the molecule is N#Cc1cc(C#CCN)ccc1Cl. The van der Waals surface area contributed by atoms with E-state index in [9.17, 15) is 0 Å². The maximum atomic E-state index is 8.66. The number of halogens is 1. The first kappa shape index (κ1) is 9.61. The van der Waals surface area contributed by atoms with E-state index in [0.29, 0.717) is 17.1 Å². The van der Waals surface area contributed by atoms with Crippen LogP contribution in [-0.2, 0) is 0 Å². The van der Waals surface area contributed by atoms with E-state index in [2.05, 4.69) is 11.8 Å². The van der Waals surface area contributed by atoms with E-state index in [-0.39, 0.29) is 0 Å². The average Bonchev–Trinajstić information content (AvgIpc) is 2.16. The first-order valence-corrected chi connectivity index (χ1v) is 4.04. The van der Waals surface area contributed by atoms with Crippen LogP contribution in [0.1, 0.15) is 11.1 Å². The van der Waals surface area contributed by atoms with Gasteiger partial charge >= 0.3 is 0 Å². The Morgan fingerprint density at radius 3 is 2.85 bits per heavy atom. The molecule has 1 aromatic rings. The number of nitriles is 1. The molecule has 2 N–H and O–H groups in total. The Morgan fingerprint density at radius 1 is 1.46 bits per heavy atom. The second kappa shape index (κ2) is 4.52. The zero-order chi connectivity index (χ0) is 9.68. The Labute approximate surface area is 81.9 Å². The van der Waals surface area contributed by atoms with Gasteiger partial charge in [0.25, 0.3) is 0 Å². The van der Waals surface area contributed by atoms with Crippen molar-refractivity contribution in [3.63, 3.8) is 0 Å². The third-order valence-electron chi connectivity index (χ3n) is 1.42. The predicted octanol–water partition coefficient (Wildman–Crippen LogP) is 1.52. The van der Waals surface area contributed by atoms with Gasteiger partial charge in [0.15, 0.2) is 0 Å². The second-order valence-electron chi connectivity index (χ2n) is 2.31. The van der Waals surface area contributed by atoms with Gasteiger partial charge in [-0.3, -0.25) is 0 Å². The van der Waals surface area contributed by atoms with Gasteiger partial charge in [0.1, 0.15) is 6.07 Å². The number of hydrogen-bond acceptors (Lipinski definition) is 2. The third-order valence-corrected chi connectivity index (χ3v) is 1.75. The molecule has 0 spiro atoms. The fourth-order valence-electron chi connectivity index (χ4n) is 0.842. The molecule has 2 nitrogen and oxygen atoms in total. The van der Waals surface area contributed by atoms with E-state index >= 15 is 0 Å². The lowest BCUT2D eigenvalue weighted by Crippen LogP contribution is -1.93. The highest BCUT2D eigenvalue weighted by molar-refractivity contribution is 6.31. The summed E-state index contributed by atoms with van der Waals surface area (Å²) in [4.78, 5) is 0. The monoisotopic (exact) mass is 190 g/mol. The van der Waals surface area contributed by atoms with Crippen molar-refractivity contribution in [2.45, 2.75) is 0 Å². The summed E-state index contributed by atoms with van der Waals surface area (Å²) in [6.07, 6.45) is 0. The Balaban J connectivity index is 3.08. The molecule has 3 heteroatoms. The van der Waals surface area contributed by atoms with Crippen LogP contribution >= 0.6 is 11.6 Å². The van der Waals surface area contributed by atoms with E-state index < -0.39 is 0 Å². The minimum Gasteiger partial charge on any atom is -0.320 e. The Bertz CT molecular complexity index is 407. The molecule has 1 rings (SSSR count). The van der Waals surface area contributed by atoms with E-state index in [4.69, 9.17) is 22.6 Å². The minimum atomic E-state index is 0.310. The second-order valence-corrected chi connectivity index (χ2v) is 2.72. The number of hydrogen-bond donors (Lipinski definition) is 1. The molecule has 0 bridgehead atoms. The summed E-state index contributed by atoms with van der Waals surface area (Å²) in [5.41, 5.74) is 6.40. The van der Waals surface area contributed by atoms with Crippen LogP contribution in [0, 0.1) is 23.2 Å². The van der Waals surface area contributed by atoms with Crippen molar-refractivity contribution in [1.82, 2.24) is 0 Å². The molecule has 0 saturated heterocycles. The molecule has 0 heterocycles. The molecule has 0 amide bonds. The summed E-state index contributed by atoms with van der Waals surface area (Å²) in [7, 11) is 0. The van der Waals surface area contributed by atoms with Crippen molar-refractivity contribution in [2.75, 3.05) is 6.54 Å². The lowest BCUT2D eigenvalue weighted by molar-refractivity contribution is 1.30. The topological polar surface area (TPSA) is 49.8 Å². The molecule has 0 radical (unpaired) electrons. The van der Waals surface area contributed by atoms with Gasteiger partial charge in [-0.15, -0.1) is 0 Å². The van der Waals surface area contributed by atoms with E-state index in [1.54, 1.807) is 18.2 Å². The van der Waals surface area contributed by atoms with Gasteiger partial charge in [-0.1, -0.05) is 23.4 Å². The van der Waals surface area contributed by atoms with Crippen LogP contribution in [0.15, 0.2) is 18.2 Å². The first-order valence-electron chi connectivity index (χ1n) is 3.66. The van der Waals surface area contributed by atoms with Crippen LogP contribution in [-0.4, -0.2) is 6.54 Å². The highest BCUT2D eigenvalue weighted by Gasteiger charge is 1.98. The van der Waals surface area contributed by atoms with Crippen LogP contribution in [0.25, 0.3) is 0 Å². The fourth-order valence-corrected chi connectivity index (χ4v) is 1.00. The van der Waals surface area contributed by atoms with Gasteiger partial charge in [0.05, 0.1) is 17.1 Å². The van der Waals surface area contributed by atoms with Crippen molar-refractivity contribution in [2.24, 2.45) is 5.73 Å². The molecule has 13 heavy (non-hydrogen) atoms.